The fourth-order valence-electron chi connectivity index (χ4n) is 2.97. The first-order chi connectivity index (χ1) is 12.7. The first-order valence-electron chi connectivity index (χ1n) is 9.34. The summed E-state index contributed by atoms with van der Waals surface area (Å²) in [7, 11) is 1.79. The Morgan fingerprint density at radius 2 is 1.85 bits per heavy atom. The molecule has 7 nitrogen and oxygen atoms in total. The number of carbonyl (C=O) groups excluding carboxylic acids is 1. The zero-order valence-electron chi connectivity index (χ0n) is 15.7. The summed E-state index contributed by atoms with van der Waals surface area (Å²) in [6.07, 6.45) is 4.88. The number of carbonyl (C=O) groups is 1. The van der Waals surface area contributed by atoms with Crippen LogP contribution in [0.5, 0.6) is 5.75 Å². The summed E-state index contributed by atoms with van der Waals surface area (Å²) in [4.78, 5) is 17.5. The van der Waals surface area contributed by atoms with Crippen molar-refractivity contribution in [3.8, 4) is 5.75 Å². The van der Waals surface area contributed by atoms with Crippen LogP contribution in [0.3, 0.4) is 0 Å². The predicted molar refractivity (Wildman–Crippen MR) is 104 cm³/mol. The van der Waals surface area contributed by atoms with Crippen LogP contribution in [0.1, 0.15) is 24.8 Å². The van der Waals surface area contributed by atoms with Gasteiger partial charge in [0.15, 0.2) is 12.6 Å². The Labute approximate surface area is 156 Å². The average Bonchev–Trinajstić information content (AvgIpc) is 2.67. The zero-order chi connectivity index (χ0) is 18.6. The Morgan fingerprint density at radius 1 is 1.15 bits per heavy atom. The van der Waals surface area contributed by atoms with Crippen molar-refractivity contribution in [2.75, 3.05) is 46.4 Å². The Morgan fingerprint density at radius 3 is 2.50 bits per heavy atom. The topological polar surface area (TPSA) is 92.0 Å². The minimum absolute atomic E-state index is 0.0969. The summed E-state index contributed by atoms with van der Waals surface area (Å²) in [6, 6.07) is 7.68. The predicted octanol–water partition coefficient (Wildman–Crippen LogP) is 0.744. The van der Waals surface area contributed by atoms with Gasteiger partial charge >= 0.3 is 0 Å². The average molecular weight is 361 g/mol. The van der Waals surface area contributed by atoms with Crippen LogP contribution in [-0.4, -0.2) is 63.1 Å². The normalized spacial score (nSPS) is 15.5. The standard InChI is InChI=1S/C19H31N5O2/c1-21-19(23-11-14-24-12-3-2-4-13-24)22-10-9-16-5-7-17(8-6-16)26-15-18(20)25/h5-8H,2-4,9-15H2,1H3,(H2,20,25)(H2,21,22,23). The highest BCUT2D eigenvalue weighted by molar-refractivity contribution is 5.79. The number of likely N-dealkylation sites (tertiary alicyclic amines) is 1. The van der Waals surface area contributed by atoms with Crippen molar-refractivity contribution in [3.05, 3.63) is 29.8 Å². The number of primary amides is 1. The molecule has 1 fully saturated rings. The molecule has 7 heteroatoms. The molecule has 0 saturated carbocycles. The van der Waals surface area contributed by atoms with Gasteiger partial charge in [0.2, 0.25) is 0 Å². The molecule has 0 spiro atoms. The summed E-state index contributed by atoms with van der Waals surface area (Å²) in [6.45, 7) is 5.10. The Balaban J connectivity index is 1.62. The van der Waals surface area contributed by atoms with Crippen LogP contribution in [0.25, 0.3) is 0 Å². The fraction of sp³-hybridized carbons (Fsp3) is 0.579. The van der Waals surface area contributed by atoms with E-state index in [1.165, 1.54) is 37.9 Å². The van der Waals surface area contributed by atoms with Gasteiger partial charge in [-0.2, -0.15) is 0 Å². The van der Waals surface area contributed by atoms with Crippen LogP contribution >= 0.6 is 0 Å². The monoisotopic (exact) mass is 361 g/mol. The highest BCUT2D eigenvalue weighted by Crippen LogP contribution is 2.12. The Bertz CT molecular complexity index is 568. The molecule has 0 aromatic heterocycles. The maximum Gasteiger partial charge on any atom is 0.255 e. The number of benzene rings is 1. The molecule has 144 valence electrons. The van der Waals surface area contributed by atoms with Gasteiger partial charge in [-0.1, -0.05) is 18.6 Å². The molecule has 1 aromatic rings. The second-order valence-corrected chi connectivity index (χ2v) is 6.48. The van der Waals surface area contributed by atoms with Gasteiger partial charge in [0, 0.05) is 26.7 Å². The summed E-state index contributed by atoms with van der Waals surface area (Å²) < 4.78 is 5.25. The molecule has 0 radical (unpaired) electrons. The van der Waals surface area contributed by atoms with Crippen molar-refractivity contribution in [1.82, 2.24) is 15.5 Å². The number of piperidine rings is 1. The molecule has 1 saturated heterocycles. The van der Waals surface area contributed by atoms with Gasteiger partial charge in [0.1, 0.15) is 5.75 Å². The SMILES string of the molecule is CN=C(NCCc1ccc(OCC(N)=O)cc1)NCCN1CCCCC1. The van der Waals surface area contributed by atoms with Crippen LogP contribution in [-0.2, 0) is 11.2 Å². The van der Waals surface area contributed by atoms with Crippen molar-refractivity contribution >= 4 is 11.9 Å². The van der Waals surface area contributed by atoms with Gasteiger partial charge in [-0.05, 0) is 50.0 Å². The summed E-state index contributed by atoms with van der Waals surface area (Å²) in [5, 5.41) is 6.71. The summed E-state index contributed by atoms with van der Waals surface area (Å²) in [5.74, 6) is 1.01. The van der Waals surface area contributed by atoms with Gasteiger partial charge in [-0.3, -0.25) is 9.79 Å². The molecule has 0 atom stereocenters. The minimum Gasteiger partial charge on any atom is -0.484 e. The number of ether oxygens (including phenoxy) is 1. The zero-order valence-corrected chi connectivity index (χ0v) is 15.7. The molecule has 4 N–H and O–H groups in total. The largest absolute Gasteiger partial charge is 0.484 e. The lowest BCUT2D eigenvalue weighted by Gasteiger charge is -2.26. The molecule has 26 heavy (non-hydrogen) atoms. The van der Waals surface area contributed by atoms with E-state index in [0.29, 0.717) is 5.75 Å². The highest BCUT2D eigenvalue weighted by atomic mass is 16.5. The first kappa shape index (κ1) is 20.0. The number of rotatable bonds is 9. The van der Waals surface area contributed by atoms with Crippen LogP contribution in [0.4, 0.5) is 0 Å². The number of nitrogens with zero attached hydrogens (tertiary/aromatic N) is 2. The lowest BCUT2D eigenvalue weighted by atomic mass is 10.1. The summed E-state index contributed by atoms with van der Waals surface area (Å²) >= 11 is 0. The van der Waals surface area contributed by atoms with Gasteiger partial charge in [-0.15, -0.1) is 0 Å². The Kier molecular flexibility index (Phi) is 8.75. The van der Waals surface area contributed by atoms with E-state index in [9.17, 15) is 4.79 Å². The number of nitrogens with two attached hydrogens (primary N) is 1. The third-order valence-corrected chi connectivity index (χ3v) is 4.40. The number of guanidine groups is 1. The van der Waals surface area contributed by atoms with Crippen molar-refractivity contribution in [3.63, 3.8) is 0 Å². The van der Waals surface area contributed by atoms with E-state index in [4.69, 9.17) is 10.5 Å². The maximum absolute atomic E-state index is 10.7. The minimum atomic E-state index is -0.475. The third kappa shape index (κ3) is 7.74. The first-order valence-corrected chi connectivity index (χ1v) is 9.34. The van der Waals surface area contributed by atoms with Crippen LogP contribution < -0.4 is 21.1 Å². The van der Waals surface area contributed by atoms with E-state index in [-0.39, 0.29) is 6.61 Å². The number of nitrogens with one attached hydrogen (secondary N) is 2. The van der Waals surface area contributed by atoms with E-state index in [1.54, 1.807) is 7.05 Å². The van der Waals surface area contributed by atoms with Crippen molar-refractivity contribution in [1.29, 1.82) is 0 Å². The smallest absolute Gasteiger partial charge is 0.255 e. The highest BCUT2D eigenvalue weighted by Gasteiger charge is 2.09. The number of hydrogen-bond donors (Lipinski definition) is 3. The van der Waals surface area contributed by atoms with Crippen LogP contribution in [0.15, 0.2) is 29.3 Å². The molecular weight excluding hydrogens is 330 g/mol. The molecule has 0 unspecified atom stereocenters. The van der Waals surface area contributed by atoms with Crippen molar-refractivity contribution in [2.24, 2.45) is 10.7 Å². The number of hydrogen-bond acceptors (Lipinski definition) is 4. The second-order valence-electron chi connectivity index (χ2n) is 6.48. The lowest BCUT2D eigenvalue weighted by molar-refractivity contribution is -0.119. The number of amides is 1. The van der Waals surface area contributed by atoms with E-state index >= 15 is 0 Å². The van der Waals surface area contributed by atoms with Crippen molar-refractivity contribution < 1.29 is 9.53 Å². The molecule has 1 aromatic carbocycles. The molecule has 0 aliphatic carbocycles. The maximum atomic E-state index is 10.7. The van der Waals surface area contributed by atoms with Crippen molar-refractivity contribution in [2.45, 2.75) is 25.7 Å². The molecule has 1 heterocycles. The van der Waals surface area contributed by atoms with E-state index in [0.717, 1.165) is 32.0 Å². The quantitative estimate of drug-likeness (QED) is 0.446. The third-order valence-electron chi connectivity index (χ3n) is 4.40. The molecule has 0 bridgehead atoms. The Hall–Kier alpha value is -2.28. The van der Waals surface area contributed by atoms with E-state index in [1.807, 2.05) is 24.3 Å². The van der Waals surface area contributed by atoms with Gasteiger partial charge in [-0.25, -0.2) is 0 Å². The molecule has 1 aliphatic heterocycles. The van der Waals surface area contributed by atoms with E-state index in [2.05, 4.69) is 20.5 Å². The van der Waals surface area contributed by atoms with Gasteiger partial charge in [0.05, 0.1) is 0 Å². The lowest BCUT2D eigenvalue weighted by Crippen LogP contribution is -2.43. The summed E-state index contributed by atoms with van der Waals surface area (Å²) in [5.41, 5.74) is 6.25. The fourth-order valence-corrected chi connectivity index (χ4v) is 2.97. The van der Waals surface area contributed by atoms with Crippen LogP contribution in [0.2, 0.25) is 0 Å². The number of aliphatic imine (C=N–C) groups is 1. The molecule has 1 amide bonds. The molecule has 2 rings (SSSR count). The van der Waals surface area contributed by atoms with E-state index < -0.39 is 5.91 Å². The molecular formula is C19H31N5O2. The van der Waals surface area contributed by atoms with Gasteiger partial charge in [0.25, 0.3) is 5.91 Å². The molecule has 1 aliphatic rings. The second kappa shape index (κ2) is 11.4. The van der Waals surface area contributed by atoms with Gasteiger partial charge < -0.3 is 26.0 Å². The van der Waals surface area contributed by atoms with Crippen LogP contribution in [0, 0.1) is 0 Å².